The molecule has 7 heteroatoms. The molecule has 0 saturated heterocycles. The van der Waals surface area contributed by atoms with E-state index < -0.39 is 0 Å². The maximum absolute atomic E-state index is 12.0. The molecule has 0 bridgehead atoms. The van der Waals surface area contributed by atoms with Crippen LogP contribution in [0.1, 0.15) is 33.7 Å². The van der Waals surface area contributed by atoms with E-state index in [1.165, 1.54) is 11.3 Å². The summed E-state index contributed by atoms with van der Waals surface area (Å²) in [4.78, 5) is 13.4. The van der Waals surface area contributed by atoms with Crippen LogP contribution in [-0.4, -0.2) is 32.4 Å². The highest BCUT2D eigenvalue weighted by atomic mass is 32.1. The van der Waals surface area contributed by atoms with Crippen molar-refractivity contribution in [3.05, 3.63) is 34.0 Å². The van der Waals surface area contributed by atoms with Gasteiger partial charge in [0.25, 0.3) is 5.91 Å². The van der Waals surface area contributed by atoms with Gasteiger partial charge in [-0.2, -0.15) is 0 Å². The molecule has 21 heavy (non-hydrogen) atoms. The molecule has 0 spiro atoms. The lowest BCUT2D eigenvalue weighted by Crippen LogP contribution is -2.23. The molecule has 0 aromatic carbocycles. The van der Waals surface area contributed by atoms with Crippen molar-refractivity contribution in [1.29, 1.82) is 0 Å². The number of nitrogens with one attached hydrogen (secondary N) is 1. The van der Waals surface area contributed by atoms with E-state index in [0.717, 1.165) is 17.2 Å². The minimum Gasteiger partial charge on any atom is -0.395 e. The summed E-state index contributed by atoms with van der Waals surface area (Å²) in [7, 11) is 0. The Labute approximate surface area is 126 Å². The smallest absolute Gasteiger partial charge is 0.261 e. The summed E-state index contributed by atoms with van der Waals surface area (Å²) in [5.41, 5.74) is 0. The lowest BCUT2D eigenvalue weighted by molar-refractivity contribution is 0.0953. The number of carbonyl (C=O) groups excluding carboxylic acids is 1. The van der Waals surface area contributed by atoms with Gasteiger partial charge in [-0.3, -0.25) is 4.79 Å². The molecular weight excluding hydrogens is 288 g/mol. The van der Waals surface area contributed by atoms with Gasteiger partial charge in [0.05, 0.1) is 22.9 Å². The van der Waals surface area contributed by atoms with Crippen LogP contribution in [-0.2, 0) is 13.1 Å². The zero-order valence-corrected chi connectivity index (χ0v) is 12.5. The standard InChI is InChI=1S/C14H16N4O2S/c1-2-18-10-16-17-13(18)9-15-14(20)12-7-6-11(21-12)5-3-4-8-19/h6-7,10,19H,2,4,8-9H2,1H3,(H,15,20). The number of nitrogens with zero attached hydrogens (tertiary/aromatic N) is 3. The molecule has 6 nitrogen and oxygen atoms in total. The van der Waals surface area contributed by atoms with Gasteiger partial charge in [0, 0.05) is 13.0 Å². The second-order valence-electron chi connectivity index (χ2n) is 4.16. The van der Waals surface area contributed by atoms with Crippen LogP contribution in [0.5, 0.6) is 0 Å². The molecule has 0 atom stereocenters. The van der Waals surface area contributed by atoms with E-state index in [0.29, 0.717) is 17.8 Å². The normalized spacial score (nSPS) is 10.0. The van der Waals surface area contributed by atoms with Crippen LogP contribution in [0.3, 0.4) is 0 Å². The summed E-state index contributed by atoms with van der Waals surface area (Å²) < 4.78 is 1.88. The van der Waals surface area contributed by atoms with Gasteiger partial charge in [-0.15, -0.1) is 21.5 Å². The summed E-state index contributed by atoms with van der Waals surface area (Å²) in [5.74, 6) is 6.32. The van der Waals surface area contributed by atoms with Crippen molar-refractivity contribution in [3.63, 3.8) is 0 Å². The SMILES string of the molecule is CCn1cnnc1CNC(=O)c1ccc(C#CCCO)s1. The predicted molar refractivity (Wildman–Crippen MR) is 79.8 cm³/mol. The van der Waals surface area contributed by atoms with Gasteiger partial charge >= 0.3 is 0 Å². The second kappa shape index (κ2) is 7.57. The molecule has 2 heterocycles. The third-order valence-corrected chi connectivity index (χ3v) is 3.72. The first-order valence-electron chi connectivity index (χ1n) is 6.59. The molecule has 0 unspecified atom stereocenters. The number of carbonyl (C=O) groups is 1. The number of rotatable bonds is 5. The second-order valence-corrected chi connectivity index (χ2v) is 5.24. The highest BCUT2D eigenvalue weighted by molar-refractivity contribution is 7.14. The minimum atomic E-state index is -0.152. The minimum absolute atomic E-state index is 0.0455. The van der Waals surface area contributed by atoms with Crippen molar-refractivity contribution < 1.29 is 9.90 Å². The number of amides is 1. The van der Waals surface area contributed by atoms with E-state index in [-0.39, 0.29) is 12.5 Å². The number of aryl methyl sites for hydroxylation is 1. The summed E-state index contributed by atoms with van der Waals surface area (Å²) in [6.45, 7) is 3.15. The van der Waals surface area contributed by atoms with Gasteiger partial charge in [0.1, 0.15) is 6.33 Å². The number of hydrogen-bond acceptors (Lipinski definition) is 5. The van der Waals surface area contributed by atoms with Crippen LogP contribution in [0, 0.1) is 11.8 Å². The van der Waals surface area contributed by atoms with Crippen LogP contribution in [0.25, 0.3) is 0 Å². The number of thiophene rings is 1. The van der Waals surface area contributed by atoms with Crippen molar-refractivity contribution in [1.82, 2.24) is 20.1 Å². The Kier molecular flexibility index (Phi) is 5.49. The first kappa shape index (κ1) is 15.2. The quantitative estimate of drug-likeness (QED) is 0.808. The molecule has 0 aliphatic rings. The van der Waals surface area contributed by atoms with Gasteiger partial charge in [-0.05, 0) is 19.1 Å². The Morgan fingerprint density at radius 2 is 2.38 bits per heavy atom. The predicted octanol–water partition coefficient (Wildman–Crippen LogP) is 1.02. The van der Waals surface area contributed by atoms with E-state index in [2.05, 4.69) is 27.4 Å². The summed E-state index contributed by atoms with van der Waals surface area (Å²) in [5, 5.41) is 19.3. The molecule has 0 radical (unpaired) electrons. The van der Waals surface area contributed by atoms with Crippen molar-refractivity contribution in [3.8, 4) is 11.8 Å². The Morgan fingerprint density at radius 1 is 1.52 bits per heavy atom. The third kappa shape index (κ3) is 4.15. The molecule has 0 saturated carbocycles. The number of hydrogen-bond donors (Lipinski definition) is 2. The van der Waals surface area contributed by atoms with Crippen LogP contribution < -0.4 is 5.32 Å². The van der Waals surface area contributed by atoms with Gasteiger partial charge in [-0.1, -0.05) is 11.8 Å². The van der Waals surface area contributed by atoms with E-state index >= 15 is 0 Å². The molecule has 1 amide bonds. The van der Waals surface area contributed by atoms with Crippen molar-refractivity contribution in [2.75, 3.05) is 6.61 Å². The lowest BCUT2D eigenvalue weighted by Gasteiger charge is -2.04. The molecule has 0 aliphatic heterocycles. The van der Waals surface area contributed by atoms with Crippen molar-refractivity contribution in [2.24, 2.45) is 0 Å². The van der Waals surface area contributed by atoms with Gasteiger partial charge < -0.3 is 15.0 Å². The van der Waals surface area contributed by atoms with E-state index in [1.54, 1.807) is 18.5 Å². The van der Waals surface area contributed by atoms with Crippen LogP contribution in [0.15, 0.2) is 18.5 Å². The molecule has 0 fully saturated rings. The molecule has 2 aromatic heterocycles. The van der Waals surface area contributed by atoms with Crippen LogP contribution >= 0.6 is 11.3 Å². The Balaban J connectivity index is 1.93. The largest absolute Gasteiger partial charge is 0.395 e. The van der Waals surface area contributed by atoms with Gasteiger partial charge in [0.15, 0.2) is 5.82 Å². The summed E-state index contributed by atoms with van der Waals surface area (Å²) in [6.07, 6.45) is 2.08. The Bertz CT molecular complexity index is 666. The fraction of sp³-hybridized carbons (Fsp3) is 0.357. The zero-order chi connectivity index (χ0) is 15.1. The molecule has 2 N–H and O–H groups in total. The molecule has 2 rings (SSSR count). The number of aliphatic hydroxyl groups is 1. The first-order chi connectivity index (χ1) is 10.2. The maximum atomic E-state index is 12.0. The molecule has 2 aromatic rings. The van der Waals surface area contributed by atoms with E-state index in [1.807, 2.05) is 11.5 Å². The number of aromatic nitrogens is 3. The first-order valence-corrected chi connectivity index (χ1v) is 7.40. The number of aliphatic hydroxyl groups excluding tert-OH is 1. The van der Waals surface area contributed by atoms with Crippen molar-refractivity contribution in [2.45, 2.75) is 26.4 Å². The van der Waals surface area contributed by atoms with Crippen LogP contribution in [0.4, 0.5) is 0 Å². The summed E-state index contributed by atoms with van der Waals surface area (Å²) >= 11 is 1.33. The van der Waals surface area contributed by atoms with Crippen LogP contribution in [0.2, 0.25) is 0 Å². The lowest BCUT2D eigenvalue weighted by atomic mass is 10.4. The zero-order valence-electron chi connectivity index (χ0n) is 11.7. The van der Waals surface area contributed by atoms with Gasteiger partial charge in [-0.25, -0.2) is 0 Å². The molecular formula is C14H16N4O2S. The fourth-order valence-corrected chi connectivity index (χ4v) is 2.46. The maximum Gasteiger partial charge on any atom is 0.261 e. The van der Waals surface area contributed by atoms with E-state index in [9.17, 15) is 4.79 Å². The molecule has 0 aliphatic carbocycles. The average Bonchev–Trinajstić information content (AvgIpc) is 3.13. The molecule has 110 valence electrons. The fourth-order valence-electron chi connectivity index (χ4n) is 1.66. The Hall–Kier alpha value is -2.17. The van der Waals surface area contributed by atoms with Gasteiger partial charge in [0.2, 0.25) is 0 Å². The van der Waals surface area contributed by atoms with E-state index in [4.69, 9.17) is 5.11 Å². The average molecular weight is 304 g/mol. The third-order valence-electron chi connectivity index (χ3n) is 2.72. The summed E-state index contributed by atoms with van der Waals surface area (Å²) in [6, 6.07) is 3.55. The topological polar surface area (TPSA) is 80.0 Å². The monoisotopic (exact) mass is 304 g/mol. The van der Waals surface area contributed by atoms with Crippen molar-refractivity contribution >= 4 is 17.2 Å². The Morgan fingerprint density at radius 3 is 3.14 bits per heavy atom. The highest BCUT2D eigenvalue weighted by Gasteiger charge is 2.10. The highest BCUT2D eigenvalue weighted by Crippen LogP contribution is 2.15.